The van der Waals surface area contributed by atoms with Crippen LogP contribution in [0.25, 0.3) is 0 Å². The molecule has 0 spiro atoms. The summed E-state index contributed by atoms with van der Waals surface area (Å²) in [5.74, 6) is 0.843. The largest absolute Gasteiger partial charge is 0.497 e. The standard InChI is InChI=1S/C9H12NO/c1-10(2)8-4-6-9(11-3)7-5-8/h4,6-7H,1-3H3. The van der Waals surface area contributed by atoms with Crippen molar-refractivity contribution in [3.8, 4) is 5.75 Å². The molecular weight excluding hydrogens is 138 g/mol. The van der Waals surface area contributed by atoms with Gasteiger partial charge in [-0.2, -0.15) is 0 Å². The first-order valence-corrected chi connectivity index (χ1v) is 3.47. The Kier molecular flexibility index (Phi) is 2.36. The molecule has 0 atom stereocenters. The molecular formula is C9H12NO. The second kappa shape index (κ2) is 3.28. The third-order valence-corrected chi connectivity index (χ3v) is 1.49. The van der Waals surface area contributed by atoms with E-state index in [1.54, 1.807) is 7.11 Å². The molecule has 0 aliphatic heterocycles. The van der Waals surface area contributed by atoms with E-state index in [2.05, 4.69) is 6.07 Å². The van der Waals surface area contributed by atoms with Crippen molar-refractivity contribution in [1.82, 2.24) is 0 Å². The van der Waals surface area contributed by atoms with Gasteiger partial charge in [0, 0.05) is 25.8 Å². The van der Waals surface area contributed by atoms with E-state index >= 15 is 0 Å². The van der Waals surface area contributed by atoms with E-state index in [1.807, 2.05) is 37.2 Å². The van der Waals surface area contributed by atoms with E-state index in [-0.39, 0.29) is 0 Å². The number of rotatable bonds is 2. The molecule has 0 saturated heterocycles. The monoisotopic (exact) mass is 150 g/mol. The maximum Gasteiger partial charge on any atom is 0.119 e. The molecule has 1 aromatic carbocycles. The predicted molar refractivity (Wildman–Crippen MR) is 46.2 cm³/mol. The Hall–Kier alpha value is -1.18. The fourth-order valence-electron chi connectivity index (χ4n) is 0.808. The van der Waals surface area contributed by atoms with Crippen molar-refractivity contribution < 1.29 is 4.74 Å². The van der Waals surface area contributed by atoms with Gasteiger partial charge in [-0.1, -0.05) is 0 Å². The molecule has 0 aliphatic carbocycles. The van der Waals surface area contributed by atoms with Crippen LogP contribution in [0.15, 0.2) is 18.2 Å². The van der Waals surface area contributed by atoms with Gasteiger partial charge in [0.25, 0.3) is 0 Å². The van der Waals surface area contributed by atoms with E-state index in [4.69, 9.17) is 4.74 Å². The summed E-state index contributed by atoms with van der Waals surface area (Å²) in [7, 11) is 5.62. The highest BCUT2D eigenvalue weighted by atomic mass is 16.5. The molecule has 0 fully saturated rings. The quantitative estimate of drug-likeness (QED) is 0.634. The molecule has 0 saturated carbocycles. The zero-order valence-electron chi connectivity index (χ0n) is 7.09. The lowest BCUT2D eigenvalue weighted by Gasteiger charge is -2.11. The molecule has 2 nitrogen and oxygen atoms in total. The van der Waals surface area contributed by atoms with Crippen LogP contribution in [0, 0.1) is 6.07 Å². The fourth-order valence-corrected chi connectivity index (χ4v) is 0.808. The number of anilines is 1. The SMILES string of the molecule is COc1c[c]c(N(C)C)cc1. The van der Waals surface area contributed by atoms with Gasteiger partial charge < -0.3 is 9.64 Å². The molecule has 2 heteroatoms. The number of ether oxygens (including phenoxy) is 1. The first-order valence-electron chi connectivity index (χ1n) is 3.47. The van der Waals surface area contributed by atoms with Crippen LogP contribution in [0.5, 0.6) is 5.75 Å². The van der Waals surface area contributed by atoms with Gasteiger partial charge >= 0.3 is 0 Å². The summed E-state index contributed by atoms with van der Waals surface area (Å²) in [6, 6.07) is 8.81. The maximum atomic E-state index is 5.00. The van der Waals surface area contributed by atoms with Crippen LogP contribution in [-0.4, -0.2) is 21.2 Å². The summed E-state index contributed by atoms with van der Waals surface area (Å²) in [4.78, 5) is 2.00. The van der Waals surface area contributed by atoms with Crippen LogP contribution in [0.2, 0.25) is 0 Å². The van der Waals surface area contributed by atoms with Crippen molar-refractivity contribution in [1.29, 1.82) is 0 Å². The fraction of sp³-hybridized carbons (Fsp3) is 0.333. The summed E-state index contributed by atoms with van der Waals surface area (Å²) < 4.78 is 5.00. The van der Waals surface area contributed by atoms with Gasteiger partial charge in [0.2, 0.25) is 0 Å². The molecule has 0 bridgehead atoms. The van der Waals surface area contributed by atoms with Gasteiger partial charge in [-0.05, 0) is 18.2 Å². The molecule has 0 unspecified atom stereocenters. The Bertz CT molecular complexity index is 216. The Morgan fingerprint density at radius 3 is 2.45 bits per heavy atom. The van der Waals surface area contributed by atoms with Crippen LogP contribution < -0.4 is 9.64 Å². The lowest BCUT2D eigenvalue weighted by molar-refractivity contribution is 0.414. The minimum absolute atomic E-state index is 0.843. The Morgan fingerprint density at radius 1 is 1.36 bits per heavy atom. The van der Waals surface area contributed by atoms with Gasteiger partial charge in [0.15, 0.2) is 0 Å². The van der Waals surface area contributed by atoms with Gasteiger partial charge in [-0.15, -0.1) is 0 Å². The minimum Gasteiger partial charge on any atom is -0.497 e. The summed E-state index contributed by atoms with van der Waals surface area (Å²) in [5.41, 5.74) is 1.06. The zero-order valence-corrected chi connectivity index (χ0v) is 7.09. The molecule has 1 aromatic rings. The van der Waals surface area contributed by atoms with Gasteiger partial charge in [-0.25, -0.2) is 0 Å². The minimum atomic E-state index is 0.843. The average molecular weight is 150 g/mol. The topological polar surface area (TPSA) is 12.5 Å². The smallest absolute Gasteiger partial charge is 0.119 e. The Balaban J connectivity index is 2.83. The Labute approximate surface area is 67.4 Å². The zero-order chi connectivity index (χ0) is 8.27. The van der Waals surface area contributed by atoms with E-state index in [0.717, 1.165) is 11.4 Å². The maximum absolute atomic E-state index is 5.00. The number of methoxy groups -OCH3 is 1. The number of benzene rings is 1. The second-order valence-corrected chi connectivity index (χ2v) is 2.51. The number of nitrogens with zero attached hydrogens (tertiary/aromatic N) is 1. The Morgan fingerprint density at radius 2 is 2.09 bits per heavy atom. The van der Waals surface area contributed by atoms with Crippen LogP contribution in [0.3, 0.4) is 0 Å². The first kappa shape index (κ1) is 7.92. The molecule has 1 rings (SSSR count). The van der Waals surface area contributed by atoms with E-state index in [9.17, 15) is 0 Å². The van der Waals surface area contributed by atoms with E-state index in [0.29, 0.717) is 0 Å². The second-order valence-electron chi connectivity index (χ2n) is 2.51. The molecule has 0 aliphatic rings. The normalized spacial score (nSPS) is 9.36. The summed E-state index contributed by atoms with van der Waals surface area (Å²) >= 11 is 0. The van der Waals surface area contributed by atoms with Crippen molar-refractivity contribution in [2.45, 2.75) is 0 Å². The molecule has 0 aromatic heterocycles. The number of hydrogen-bond donors (Lipinski definition) is 0. The van der Waals surface area contributed by atoms with Crippen molar-refractivity contribution in [2.75, 3.05) is 26.1 Å². The van der Waals surface area contributed by atoms with Crippen molar-refractivity contribution in [3.63, 3.8) is 0 Å². The van der Waals surface area contributed by atoms with Crippen molar-refractivity contribution in [3.05, 3.63) is 24.3 Å². The van der Waals surface area contributed by atoms with Gasteiger partial charge in [-0.3, -0.25) is 0 Å². The molecule has 11 heavy (non-hydrogen) atoms. The van der Waals surface area contributed by atoms with Crippen molar-refractivity contribution >= 4 is 5.69 Å². The third kappa shape index (κ3) is 1.87. The summed E-state index contributed by atoms with van der Waals surface area (Å²) in [5, 5.41) is 0. The highest BCUT2D eigenvalue weighted by Gasteiger charge is 1.94. The summed E-state index contributed by atoms with van der Waals surface area (Å²) in [6.07, 6.45) is 0. The van der Waals surface area contributed by atoms with Gasteiger partial charge in [0.1, 0.15) is 5.75 Å². The van der Waals surface area contributed by atoms with Crippen LogP contribution in [0.4, 0.5) is 5.69 Å². The highest BCUT2D eigenvalue weighted by Crippen LogP contribution is 2.15. The van der Waals surface area contributed by atoms with Crippen LogP contribution in [0.1, 0.15) is 0 Å². The van der Waals surface area contributed by atoms with Gasteiger partial charge in [0.05, 0.1) is 7.11 Å². The summed E-state index contributed by atoms with van der Waals surface area (Å²) in [6.45, 7) is 0. The van der Waals surface area contributed by atoms with E-state index in [1.165, 1.54) is 0 Å². The molecule has 0 heterocycles. The molecule has 1 radical (unpaired) electrons. The van der Waals surface area contributed by atoms with Crippen LogP contribution in [-0.2, 0) is 0 Å². The molecule has 0 N–H and O–H groups in total. The average Bonchev–Trinajstić information content (AvgIpc) is 2.05. The highest BCUT2D eigenvalue weighted by molar-refractivity contribution is 5.46. The molecule has 59 valence electrons. The lowest BCUT2D eigenvalue weighted by atomic mass is 10.3. The number of hydrogen-bond acceptors (Lipinski definition) is 2. The van der Waals surface area contributed by atoms with E-state index < -0.39 is 0 Å². The lowest BCUT2D eigenvalue weighted by Crippen LogP contribution is -2.08. The third-order valence-electron chi connectivity index (χ3n) is 1.49. The predicted octanol–water partition coefficient (Wildman–Crippen LogP) is 1.56. The van der Waals surface area contributed by atoms with Crippen molar-refractivity contribution in [2.24, 2.45) is 0 Å². The first-order chi connectivity index (χ1) is 5.24. The van der Waals surface area contributed by atoms with Crippen LogP contribution >= 0.6 is 0 Å². The molecule has 0 amide bonds.